The third-order valence-electron chi connectivity index (χ3n) is 3.39. The number of hydrogen-bond donors (Lipinski definition) is 1. The maximum atomic E-state index is 12.3. The van der Waals surface area contributed by atoms with Gasteiger partial charge in [0.2, 0.25) is 0 Å². The van der Waals surface area contributed by atoms with Gasteiger partial charge in [-0.05, 0) is 19.3 Å². The molecule has 0 saturated carbocycles. The van der Waals surface area contributed by atoms with Gasteiger partial charge in [0.15, 0.2) is 5.03 Å². The van der Waals surface area contributed by atoms with E-state index in [0.717, 1.165) is 0 Å². The standard InChI is InChI=1S/C12H24N4O2S/c1-9(2)11(13)6-7-16(5)19(17,18)12-8-15(4)10(3)14-12/h8-9,11H,6-7,13H2,1-5H3. The largest absolute Gasteiger partial charge is 0.337 e. The highest BCUT2D eigenvalue weighted by atomic mass is 32.2. The van der Waals surface area contributed by atoms with Crippen LogP contribution in [0.5, 0.6) is 0 Å². The smallest absolute Gasteiger partial charge is 0.261 e. The molecule has 1 atom stereocenters. The zero-order valence-electron chi connectivity index (χ0n) is 12.3. The van der Waals surface area contributed by atoms with Gasteiger partial charge in [-0.3, -0.25) is 0 Å². The fraction of sp³-hybridized carbons (Fsp3) is 0.750. The van der Waals surface area contributed by atoms with Crippen LogP contribution in [0.1, 0.15) is 26.1 Å². The van der Waals surface area contributed by atoms with Crippen molar-refractivity contribution in [3.05, 3.63) is 12.0 Å². The lowest BCUT2D eigenvalue weighted by Gasteiger charge is -2.20. The van der Waals surface area contributed by atoms with Crippen LogP contribution >= 0.6 is 0 Å². The molecule has 0 aliphatic carbocycles. The van der Waals surface area contributed by atoms with Gasteiger partial charge in [-0.25, -0.2) is 13.4 Å². The van der Waals surface area contributed by atoms with E-state index in [1.54, 1.807) is 25.6 Å². The Kier molecular flexibility index (Phi) is 5.11. The Morgan fingerprint density at radius 2 is 2.05 bits per heavy atom. The van der Waals surface area contributed by atoms with Crippen LogP contribution < -0.4 is 5.73 Å². The minimum Gasteiger partial charge on any atom is -0.337 e. The highest BCUT2D eigenvalue weighted by Crippen LogP contribution is 2.14. The molecule has 2 N–H and O–H groups in total. The third-order valence-corrected chi connectivity index (χ3v) is 5.12. The molecule has 0 fully saturated rings. The predicted octanol–water partition coefficient (Wildman–Crippen LogP) is 0.722. The van der Waals surface area contributed by atoms with Crippen LogP contribution in [0, 0.1) is 12.8 Å². The number of aromatic nitrogens is 2. The summed E-state index contributed by atoms with van der Waals surface area (Å²) in [5, 5.41) is 0.0909. The molecular weight excluding hydrogens is 264 g/mol. The fourth-order valence-electron chi connectivity index (χ4n) is 1.59. The van der Waals surface area contributed by atoms with Crippen molar-refractivity contribution < 1.29 is 8.42 Å². The van der Waals surface area contributed by atoms with Crippen LogP contribution in [0.3, 0.4) is 0 Å². The number of imidazole rings is 1. The van der Waals surface area contributed by atoms with Gasteiger partial charge in [0.05, 0.1) is 0 Å². The Morgan fingerprint density at radius 3 is 2.47 bits per heavy atom. The summed E-state index contributed by atoms with van der Waals surface area (Å²) in [6, 6.07) is 0.00289. The summed E-state index contributed by atoms with van der Waals surface area (Å²) in [4.78, 5) is 4.07. The number of rotatable bonds is 6. The minimum atomic E-state index is -3.52. The van der Waals surface area contributed by atoms with E-state index >= 15 is 0 Å². The van der Waals surface area contributed by atoms with E-state index in [1.165, 1.54) is 10.5 Å². The van der Waals surface area contributed by atoms with Crippen LogP contribution in [0.15, 0.2) is 11.2 Å². The summed E-state index contributed by atoms with van der Waals surface area (Å²) in [5.74, 6) is 1.01. The van der Waals surface area contributed by atoms with Crippen molar-refractivity contribution in [2.45, 2.75) is 38.3 Å². The Bertz CT molecular complexity index is 502. The normalized spacial score (nSPS) is 14.3. The van der Waals surface area contributed by atoms with E-state index in [4.69, 9.17) is 5.73 Å². The lowest BCUT2D eigenvalue weighted by Crippen LogP contribution is -2.34. The van der Waals surface area contributed by atoms with Crippen molar-refractivity contribution >= 4 is 10.0 Å². The monoisotopic (exact) mass is 288 g/mol. The third kappa shape index (κ3) is 3.77. The van der Waals surface area contributed by atoms with Crippen LogP contribution in [0.2, 0.25) is 0 Å². The molecule has 7 heteroatoms. The molecule has 0 radical (unpaired) electrons. The average molecular weight is 288 g/mol. The highest BCUT2D eigenvalue weighted by Gasteiger charge is 2.24. The van der Waals surface area contributed by atoms with Gasteiger partial charge in [0.25, 0.3) is 10.0 Å². The first-order valence-electron chi connectivity index (χ1n) is 6.38. The first-order valence-corrected chi connectivity index (χ1v) is 7.82. The molecule has 1 unspecified atom stereocenters. The second-order valence-corrected chi connectivity index (χ2v) is 7.25. The molecule has 0 aliphatic heterocycles. The molecule has 0 amide bonds. The van der Waals surface area contributed by atoms with E-state index in [-0.39, 0.29) is 11.1 Å². The van der Waals surface area contributed by atoms with Crippen molar-refractivity contribution in [3.63, 3.8) is 0 Å². The lowest BCUT2D eigenvalue weighted by atomic mass is 10.0. The van der Waals surface area contributed by atoms with E-state index in [2.05, 4.69) is 4.98 Å². The number of hydrogen-bond acceptors (Lipinski definition) is 4. The fourth-order valence-corrected chi connectivity index (χ4v) is 2.80. The Labute approximate surface area is 115 Å². The van der Waals surface area contributed by atoms with Gasteiger partial charge in [-0.15, -0.1) is 0 Å². The molecule has 0 saturated heterocycles. The first-order chi connectivity index (χ1) is 8.66. The molecule has 0 spiro atoms. The summed E-state index contributed by atoms with van der Waals surface area (Å²) in [5.41, 5.74) is 5.93. The second-order valence-electron chi connectivity index (χ2n) is 5.26. The summed E-state index contributed by atoms with van der Waals surface area (Å²) in [6.07, 6.45) is 2.17. The summed E-state index contributed by atoms with van der Waals surface area (Å²) >= 11 is 0. The minimum absolute atomic E-state index is 0.00289. The topological polar surface area (TPSA) is 81.2 Å². The van der Waals surface area contributed by atoms with Crippen LogP contribution in [-0.4, -0.2) is 41.9 Å². The van der Waals surface area contributed by atoms with Crippen molar-refractivity contribution in [2.24, 2.45) is 18.7 Å². The SMILES string of the molecule is Cc1nc(S(=O)(=O)N(C)CCC(N)C(C)C)cn1C. The molecular formula is C12H24N4O2S. The highest BCUT2D eigenvalue weighted by molar-refractivity contribution is 7.89. The number of nitrogens with zero attached hydrogens (tertiary/aromatic N) is 3. The molecule has 0 bridgehead atoms. The number of sulfonamides is 1. The van der Waals surface area contributed by atoms with Crippen LogP contribution in [0.25, 0.3) is 0 Å². The van der Waals surface area contributed by atoms with Crippen molar-refractivity contribution in [1.82, 2.24) is 13.9 Å². The zero-order valence-corrected chi connectivity index (χ0v) is 13.1. The maximum Gasteiger partial charge on any atom is 0.261 e. The predicted molar refractivity (Wildman–Crippen MR) is 75.2 cm³/mol. The molecule has 1 heterocycles. The Hall–Kier alpha value is -0.920. The van der Waals surface area contributed by atoms with Gasteiger partial charge in [0.1, 0.15) is 5.82 Å². The van der Waals surface area contributed by atoms with Crippen molar-refractivity contribution in [1.29, 1.82) is 0 Å². The van der Waals surface area contributed by atoms with E-state index in [1.807, 2.05) is 13.8 Å². The summed E-state index contributed by atoms with van der Waals surface area (Å²) in [7, 11) is -0.180. The van der Waals surface area contributed by atoms with Crippen LogP contribution in [-0.2, 0) is 17.1 Å². The van der Waals surface area contributed by atoms with E-state index < -0.39 is 10.0 Å². The molecule has 0 aromatic carbocycles. The maximum absolute atomic E-state index is 12.3. The molecule has 6 nitrogen and oxygen atoms in total. The molecule has 0 aliphatic rings. The Morgan fingerprint density at radius 1 is 1.47 bits per heavy atom. The average Bonchev–Trinajstić information content (AvgIpc) is 2.66. The zero-order chi connectivity index (χ0) is 14.8. The van der Waals surface area contributed by atoms with E-state index in [0.29, 0.717) is 24.7 Å². The van der Waals surface area contributed by atoms with Gasteiger partial charge in [0, 0.05) is 32.9 Å². The molecule has 1 aromatic rings. The Balaban J connectivity index is 2.77. The van der Waals surface area contributed by atoms with Crippen molar-refractivity contribution in [2.75, 3.05) is 13.6 Å². The van der Waals surface area contributed by atoms with Gasteiger partial charge in [-0.1, -0.05) is 13.8 Å². The van der Waals surface area contributed by atoms with Gasteiger partial charge >= 0.3 is 0 Å². The second kappa shape index (κ2) is 6.02. The lowest BCUT2D eigenvalue weighted by molar-refractivity contribution is 0.396. The van der Waals surface area contributed by atoms with Gasteiger partial charge in [-0.2, -0.15) is 4.31 Å². The first kappa shape index (κ1) is 16.1. The molecule has 1 rings (SSSR count). The number of nitrogens with two attached hydrogens (primary N) is 1. The van der Waals surface area contributed by atoms with Crippen LogP contribution in [0.4, 0.5) is 0 Å². The number of aryl methyl sites for hydroxylation is 2. The molecule has 1 aromatic heterocycles. The molecule has 110 valence electrons. The van der Waals surface area contributed by atoms with Crippen molar-refractivity contribution in [3.8, 4) is 0 Å². The quantitative estimate of drug-likeness (QED) is 0.836. The van der Waals surface area contributed by atoms with E-state index in [9.17, 15) is 8.42 Å². The summed E-state index contributed by atoms with van der Waals surface area (Å²) < 4.78 is 27.6. The summed E-state index contributed by atoms with van der Waals surface area (Å²) in [6.45, 7) is 6.23. The van der Waals surface area contributed by atoms with Gasteiger partial charge < -0.3 is 10.3 Å². The molecule has 19 heavy (non-hydrogen) atoms.